The van der Waals surface area contributed by atoms with Gasteiger partial charge in [-0.1, -0.05) is 36.4 Å². The summed E-state index contributed by atoms with van der Waals surface area (Å²) in [5.41, 5.74) is 18.3. The zero-order valence-electron chi connectivity index (χ0n) is 19.2. The van der Waals surface area contributed by atoms with Crippen LogP contribution in [0.15, 0.2) is 79.1 Å². The predicted molar refractivity (Wildman–Crippen MR) is 139 cm³/mol. The minimum absolute atomic E-state index is 0.920. The molecule has 164 valence electrons. The van der Waals surface area contributed by atoms with Crippen LogP contribution < -0.4 is 4.90 Å². The number of rotatable bonds is 0. The van der Waals surface area contributed by atoms with Gasteiger partial charge in [0.15, 0.2) is 0 Å². The highest BCUT2D eigenvalue weighted by Gasteiger charge is 2.37. The maximum absolute atomic E-state index is 4.83. The van der Waals surface area contributed by atoms with Crippen LogP contribution in [0.25, 0.3) is 22.3 Å². The molecule has 5 aromatic rings. The molecule has 3 aromatic carbocycles. The lowest BCUT2D eigenvalue weighted by Crippen LogP contribution is -2.27. The standard InChI is InChI=1S/C32H21N3/c1-2-8-24-18(5-1)11-21-14-26-22(15-25(21)24)16-28-27(26)17-23-12-19-6-3-9-33-31(19)35-30(23)29(28)13-20-7-4-10-34-32(20)35/h1-10,14-15,17H,11-13,16H2. The number of aromatic nitrogens is 2. The molecule has 2 aliphatic carbocycles. The molecule has 2 aliphatic heterocycles. The Morgan fingerprint density at radius 1 is 0.486 bits per heavy atom. The summed E-state index contributed by atoms with van der Waals surface area (Å²) in [5.74, 6) is 2.07. The molecular weight excluding hydrogens is 426 g/mol. The third-order valence-corrected chi connectivity index (χ3v) is 8.40. The molecule has 4 aliphatic rings. The molecule has 0 spiro atoms. The highest BCUT2D eigenvalue weighted by molar-refractivity contribution is 5.93. The summed E-state index contributed by atoms with van der Waals surface area (Å²) in [4.78, 5) is 12.0. The van der Waals surface area contributed by atoms with Crippen molar-refractivity contribution in [1.82, 2.24) is 9.97 Å². The molecule has 0 bridgehead atoms. The number of fused-ring (bicyclic) bond motifs is 11. The van der Waals surface area contributed by atoms with Crippen molar-refractivity contribution in [3.8, 4) is 22.3 Å². The second kappa shape index (κ2) is 6.25. The summed E-state index contributed by atoms with van der Waals surface area (Å²) in [5, 5.41) is 0. The average Bonchev–Trinajstić information content (AvgIpc) is 3.44. The number of nitrogens with zero attached hydrogens (tertiary/aromatic N) is 3. The molecule has 0 atom stereocenters. The van der Waals surface area contributed by atoms with Crippen LogP contribution in [0.4, 0.5) is 17.3 Å². The van der Waals surface area contributed by atoms with Crippen molar-refractivity contribution < 1.29 is 0 Å². The Morgan fingerprint density at radius 3 is 1.91 bits per heavy atom. The minimum Gasteiger partial charge on any atom is -0.278 e. The maximum Gasteiger partial charge on any atom is 0.142 e. The monoisotopic (exact) mass is 447 g/mol. The van der Waals surface area contributed by atoms with Crippen LogP contribution in [0.1, 0.15) is 44.5 Å². The summed E-state index contributed by atoms with van der Waals surface area (Å²) in [6.07, 6.45) is 7.71. The molecule has 3 nitrogen and oxygen atoms in total. The molecule has 0 saturated carbocycles. The van der Waals surface area contributed by atoms with Gasteiger partial charge in [-0.3, -0.25) is 4.90 Å². The van der Waals surface area contributed by atoms with Crippen molar-refractivity contribution in [2.45, 2.75) is 25.7 Å². The number of hydrogen-bond acceptors (Lipinski definition) is 3. The van der Waals surface area contributed by atoms with Crippen molar-refractivity contribution >= 4 is 17.3 Å². The molecule has 9 rings (SSSR count). The van der Waals surface area contributed by atoms with E-state index in [4.69, 9.17) is 9.97 Å². The zero-order chi connectivity index (χ0) is 22.7. The van der Waals surface area contributed by atoms with Gasteiger partial charge in [0, 0.05) is 25.2 Å². The van der Waals surface area contributed by atoms with Crippen LogP contribution in [0.2, 0.25) is 0 Å². The van der Waals surface area contributed by atoms with E-state index in [9.17, 15) is 0 Å². The third-order valence-electron chi connectivity index (χ3n) is 8.40. The van der Waals surface area contributed by atoms with Crippen LogP contribution in [0.3, 0.4) is 0 Å². The van der Waals surface area contributed by atoms with Crippen LogP contribution in [0.5, 0.6) is 0 Å². The lowest BCUT2D eigenvalue weighted by molar-refractivity contribution is 0.945. The lowest BCUT2D eigenvalue weighted by atomic mass is 9.84. The highest BCUT2D eigenvalue weighted by Crippen LogP contribution is 2.54. The van der Waals surface area contributed by atoms with Gasteiger partial charge in [-0.15, -0.1) is 0 Å². The van der Waals surface area contributed by atoms with E-state index in [2.05, 4.69) is 71.6 Å². The predicted octanol–water partition coefficient (Wildman–Crippen LogP) is 6.90. The Labute approximate surface area is 203 Å². The summed E-state index contributed by atoms with van der Waals surface area (Å²) in [7, 11) is 0. The van der Waals surface area contributed by atoms with Crippen LogP contribution >= 0.6 is 0 Å². The first-order valence-corrected chi connectivity index (χ1v) is 12.4. The number of anilines is 3. The molecule has 0 radical (unpaired) electrons. The molecular formula is C32H21N3. The van der Waals surface area contributed by atoms with Crippen molar-refractivity contribution in [2.24, 2.45) is 0 Å². The molecule has 2 aromatic heterocycles. The second-order valence-electron chi connectivity index (χ2n) is 10.2. The Morgan fingerprint density at radius 2 is 1.09 bits per heavy atom. The summed E-state index contributed by atoms with van der Waals surface area (Å²) < 4.78 is 0. The maximum atomic E-state index is 4.83. The van der Waals surface area contributed by atoms with Gasteiger partial charge >= 0.3 is 0 Å². The Balaban J connectivity index is 1.29. The molecule has 0 saturated heterocycles. The first-order chi connectivity index (χ1) is 17.3. The first kappa shape index (κ1) is 18.1. The zero-order valence-corrected chi connectivity index (χ0v) is 19.2. The van der Waals surface area contributed by atoms with E-state index in [0.717, 1.165) is 37.3 Å². The Hall–Kier alpha value is -4.24. The van der Waals surface area contributed by atoms with Crippen molar-refractivity contribution in [2.75, 3.05) is 4.90 Å². The molecule has 0 unspecified atom stereocenters. The number of benzene rings is 3. The van der Waals surface area contributed by atoms with E-state index in [0.29, 0.717) is 0 Å². The van der Waals surface area contributed by atoms with Gasteiger partial charge in [0.05, 0.1) is 5.69 Å². The molecule has 4 heterocycles. The highest BCUT2D eigenvalue weighted by atomic mass is 15.3. The van der Waals surface area contributed by atoms with Gasteiger partial charge in [0.1, 0.15) is 11.6 Å². The van der Waals surface area contributed by atoms with Crippen molar-refractivity contribution in [3.05, 3.63) is 124 Å². The van der Waals surface area contributed by atoms with Gasteiger partial charge in [-0.2, -0.15) is 0 Å². The van der Waals surface area contributed by atoms with E-state index >= 15 is 0 Å². The van der Waals surface area contributed by atoms with E-state index in [1.54, 1.807) is 0 Å². The fourth-order valence-corrected chi connectivity index (χ4v) is 6.94. The van der Waals surface area contributed by atoms with Crippen molar-refractivity contribution in [3.63, 3.8) is 0 Å². The molecule has 35 heavy (non-hydrogen) atoms. The summed E-state index contributed by atoms with van der Waals surface area (Å²) >= 11 is 0. The second-order valence-corrected chi connectivity index (χ2v) is 10.2. The normalized spacial score (nSPS) is 14.9. The first-order valence-electron chi connectivity index (χ1n) is 12.4. The minimum atomic E-state index is 0.920. The topological polar surface area (TPSA) is 29.0 Å². The smallest absolute Gasteiger partial charge is 0.142 e. The Kier molecular flexibility index (Phi) is 3.24. The van der Waals surface area contributed by atoms with Gasteiger partial charge in [0.25, 0.3) is 0 Å². The molecule has 0 amide bonds. The van der Waals surface area contributed by atoms with Crippen LogP contribution in [0, 0.1) is 0 Å². The molecule has 3 heteroatoms. The van der Waals surface area contributed by atoms with Gasteiger partial charge < -0.3 is 0 Å². The van der Waals surface area contributed by atoms with Crippen LogP contribution in [-0.4, -0.2) is 9.97 Å². The fourth-order valence-electron chi connectivity index (χ4n) is 6.94. The number of hydrogen-bond donors (Lipinski definition) is 0. The molecule has 0 N–H and O–H groups in total. The van der Waals surface area contributed by atoms with Crippen LogP contribution in [-0.2, 0) is 25.7 Å². The third kappa shape index (κ3) is 2.26. The average molecular weight is 448 g/mol. The largest absolute Gasteiger partial charge is 0.278 e. The number of pyridine rings is 2. The van der Waals surface area contributed by atoms with E-state index in [1.165, 1.54) is 72.4 Å². The van der Waals surface area contributed by atoms with E-state index in [-0.39, 0.29) is 0 Å². The molecule has 0 fully saturated rings. The lowest BCUT2D eigenvalue weighted by Gasteiger charge is -2.38. The summed E-state index contributed by atoms with van der Waals surface area (Å²) in [6, 6.07) is 24.9. The van der Waals surface area contributed by atoms with E-state index < -0.39 is 0 Å². The Bertz CT molecular complexity index is 1750. The van der Waals surface area contributed by atoms with Gasteiger partial charge in [-0.05, 0) is 110 Å². The van der Waals surface area contributed by atoms with E-state index in [1.807, 2.05) is 12.4 Å². The quantitative estimate of drug-likeness (QED) is 0.253. The van der Waals surface area contributed by atoms with Gasteiger partial charge in [0.2, 0.25) is 0 Å². The SMILES string of the molecule is c1ccc2c(c1)Cc1cc3c(cc1-2)Cc1c-3cc2c3c1Cc1cccnc1N3c1ncccc1C2. The fraction of sp³-hybridized carbons (Fsp3) is 0.125. The van der Waals surface area contributed by atoms with Gasteiger partial charge in [-0.25, -0.2) is 9.97 Å². The summed E-state index contributed by atoms with van der Waals surface area (Å²) in [6.45, 7) is 0. The van der Waals surface area contributed by atoms with Crippen molar-refractivity contribution in [1.29, 1.82) is 0 Å².